The number of fused-ring (bicyclic) bond motifs is 1. The van der Waals surface area contributed by atoms with E-state index in [0.29, 0.717) is 17.8 Å². The van der Waals surface area contributed by atoms with Crippen LogP contribution >= 0.6 is 0 Å². The van der Waals surface area contributed by atoms with Crippen LogP contribution in [0.5, 0.6) is 0 Å². The van der Waals surface area contributed by atoms with Crippen LogP contribution in [0.15, 0.2) is 23.1 Å². The third-order valence-corrected chi connectivity index (χ3v) is 4.36. The number of anilines is 2. The average Bonchev–Trinajstić information content (AvgIpc) is 3.24. The maximum Gasteiger partial charge on any atom is 0.326 e. The van der Waals surface area contributed by atoms with Crippen molar-refractivity contribution in [1.29, 1.82) is 0 Å². The molecule has 126 valence electrons. The fraction of sp³-hybridized carbons (Fsp3) is 0.500. The van der Waals surface area contributed by atoms with Crippen molar-refractivity contribution in [3.8, 4) is 0 Å². The molecule has 0 amide bonds. The summed E-state index contributed by atoms with van der Waals surface area (Å²) >= 11 is 0. The van der Waals surface area contributed by atoms with Crippen LogP contribution in [0.2, 0.25) is 0 Å². The van der Waals surface area contributed by atoms with Gasteiger partial charge in [0.25, 0.3) is 0 Å². The monoisotopic (exact) mass is 327 g/mol. The molecule has 0 aliphatic carbocycles. The van der Waals surface area contributed by atoms with Gasteiger partial charge < -0.3 is 15.2 Å². The highest BCUT2D eigenvalue weighted by molar-refractivity contribution is 5.71. The molecule has 8 heteroatoms. The van der Waals surface area contributed by atoms with Crippen molar-refractivity contribution >= 4 is 17.3 Å². The second-order valence-corrected chi connectivity index (χ2v) is 6.50. The summed E-state index contributed by atoms with van der Waals surface area (Å²) < 4.78 is 7.10. The van der Waals surface area contributed by atoms with Crippen molar-refractivity contribution in [1.82, 2.24) is 30.1 Å². The molecular formula is C16H21N7O. The first-order chi connectivity index (χ1) is 11.7. The normalized spacial score (nSPS) is 18.4. The number of aromatic nitrogens is 5. The predicted molar refractivity (Wildman–Crippen MR) is 89.5 cm³/mol. The van der Waals surface area contributed by atoms with Gasteiger partial charge in [-0.25, -0.2) is 9.50 Å². The van der Waals surface area contributed by atoms with E-state index in [0.717, 1.165) is 24.4 Å². The van der Waals surface area contributed by atoms with Crippen molar-refractivity contribution in [2.45, 2.75) is 38.5 Å². The Bertz CT molecular complexity index is 832. The number of piperidine rings is 1. The lowest BCUT2D eigenvalue weighted by atomic mass is 9.92. The molecule has 0 radical (unpaired) electrons. The zero-order valence-corrected chi connectivity index (χ0v) is 13.9. The van der Waals surface area contributed by atoms with Crippen LogP contribution in [-0.2, 0) is 0 Å². The quantitative estimate of drug-likeness (QED) is 0.760. The molecule has 0 saturated carbocycles. The van der Waals surface area contributed by atoms with E-state index in [2.05, 4.69) is 43.1 Å². The SMILES string of the molecule is CC(C)c1noc(Nc2cc(C3CCCNC3)cn3ncnc23)n1. The van der Waals surface area contributed by atoms with Crippen molar-refractivity contribution in [3.05, 3.63) is 30.0 Å². The van der Waals surface area contributed by atoms with Gasteiger partial charge in [-0.1, -0.05) is 19.0 Å². The first-order valence-corrected chi connectivity index (χ1v) is 8.35. The highest BCUT2D eigenvalue weighted by Gasteiger charge is 2.19. The Morgan fingerprint density at radius 1 is 1.42 bits per heavy atom. The fourth-order valence-electron chi connectivity index (χ4n) is 3.03. The second-order valence-electron chi connectivity index (χ2n) is 6.50. The summed E-state index contributed by atoms with van der Waals surface area (Å²) in [5.41, 5.74) is 2.80. The molecule has 0 spiro atoms. The third kappa shape index (κ3) is 2.84. The molecule has 0 aromatic carbocycles. The van der Waals surface area contributed by atoms with Gasteiger partial charge in [-0.2, -0.15) is 10.1 Å². The summed E-state index contributed by atoms with van der Waals surface area (Å²) in [6, 6.07) is 2.49. The number of hydrogen-bond acceptors (Lipinski definition) is 7. The molecule has 4 rings (SSSR count). The number of hydrogen-bond donors (Lipinski definition) is 2. The molecule has 1 aliphatic rings. The van der Waals surface area contributed by atoms with Crippen LogP contribution in [0.25, 0.3) is 5.65 Å². The Morgan fingerprint density at radius 3 is 3.08 bits per heavy atom. The first kappa shape index (κ1) is 15.1. The molecule has 1 unspecified atom stereocenters. The Morgan fingerprint density at radius 2 is 2.33 bits per heavy atom. The summed E-state index contributed by atoms with van der Waals surface area (Å²) in [5, 5.41) is 14.9. The molecule has 1 atom stereocenters. The van der Waals surface area contributed by atoms with Crippen molar-refractivity contribution in [3.63, 3.8) is 0 Å². The Hall–Kier alpha value is -2.48. The molecule has 8 nitrogen and oxygen atoms in total. The van der Waals surface area contributed by atoms with Crippen molar-refractivity contribution < 1.29 is 4.52 Å². The Labute approximate surface area is 139 Å². The molecule has 1 saturated heterocycles. The molecule has 1 aliphatic heterocycles. The molecular weight excluding hydrogens is 306 g/mol. The van der Waals surface area contributed by atoms with E-state index in [4.69, 9.17) is 4.52 Å². The van der Waals surface area contributed by atoms with Crippen molar-refractivity contribution in [2.24, 2.45) is 0 Å². The van der Waals surface area contributed by atoms with Crippen LogP contribution in [0.3, 0.4) is 0 Å². The van der Waals surface area contributed by atoms with Gasteiger partial charge in [-0.3, -0.25) is 0 Å². The van der Waals surface area contributed by atoms with Gasteiger partial charge in [0, 0.05) is 18.7 Å². The lowest BCUT2D eigenvalue weighted by Gasteiger charge is -2.23. The summed E-state index contributed by atoms with van der Waals surface area (Å²) in [6.45, 7) is 6.13. The zero-order chi connectivity index (χ0) is 16.5. The van der Waals surface area contributed by atoms with Crippen LogP contribution in [0.1, 0.15) is 49.9 Å². The highest BCUT2D eigenvalue weighted by atomic mass is 16.5. The van der Waals surface area contributed by atoms with Gasteiger partial charge in [0.15, 0.2) is 11.5 Å². The van der Waals surface area contributed by atoms with E-state index in [1.165, 1.54) is 18.4 Å². The number of rotatable bonds is 4. The lowest BCUT2D eigenvalue weighted by molar-refractivity contribution is 0.422. The third-order valence-electron chi connectivity index (χ3n) is 4.36. The predicted octanol–water partition coefficient (Wildman–Crippen LogP) is 2.45. The van der Waals surface area contributed by atoms with Crippen LogP contribution in [0.4, 0.5) is 11.7 Å². The number of nitrogens with one attached hydrogen (secondary N) is 2. The first-order valence-electron chi connectivity index (χ1n) is 8.35. The smallest absolute Gasteiger partial charge is 0.316 e. The van der Waals surface area contributed by atoms with Gasteiger partial charge >= 0.3 is 6.01 Å². The van der Waals surface area contributed by atoms with Gasteiger partial charge in [-0.15, -0.1) is 0 Å². The van der Waals surface area contributed by atoms with Crippen LogP contribution in [-0.4, -0.2) is 37.8 Å². The van der Waals surface area contributed by atoms with Crippen LogP contribution < -0.4 is 10.6 Å². The Kier molecular flexibility index (Phi) is 3.89. The molecule has 4 heterocycles. The number of pyridine rings is 1. The second kappa shape index (κ2) is 6.20. The standard InChI is InChI=1S/C16H21N7O/c1-10(2)14-21-16(24-22-14)20-13-6-12(11-4-3-5-17-7-11)8-23-15(13)18-9-19-23/h6,8-11,17H,3-5,7H2,1-2H3,(H,20,21,22). The van der Waals surface area contributed by atoms with Gasteiger partial charge in [0.05, 0.1) is 5.69 Å². The van der Waals surface area contributed by atoms with E-state index in [1.807, 2.05) is 13.8 Å². The topological polar surface area (TPSA) is 93.2 Å². The average molecular weight is 327 g/mol. The largest absolute Gasteiger partial charge is 0.326 e. The van der Waals surface area contributed by atoms with E-state index in [-0.39, 0.29) is 5.92 Å². The van der Waals surface area contributed by atoms with Gasteiger partial charge in [0.1, 0.15) is 6.33 Å². The Balaban J connectivity index is 1.68. The summed E-state index contributed by atoms with van der Waals surface area (Å²) in [4.78, 5) is 8.71. The van der Waals surface area contributed by atoms with Gasteiger partial charge in [0.2, 0.25) is 0 Å². The number of nitrogens with zero attached hydrogens (tertiary/aromatic N) is 5. The minimum Gasteiger partial charge on any atom is -0.316 e. The minimum atomic E-state index is 0.219. The maximum absolute atomic E-state index is 5.30. The molecule has 0 bridgehead atoms. The fourth-order valence-corrected chi connectivity index (χ4v) is 3.03. The zero-order valence-electron chi connectivity index (χ0n) is 13.9. The molecule has 1 fully saturated rings. The minimum absolute atomic E-state index is 0.219. The maximum atomic E-state index is 5.30. The highest BCUT2D eigenvalue weighted by Crippen LogP contribution is 2.28. The van der Waals surface area contributed by atoms with E-state index in [1.54, 1.807) is 10.8 Å². The molecule has 3 aromatic rings. The summed E-state index contributed by atoms with van der Waals surface area (Å²) in [7, 11) is 0. The molecule has 2 N–H and O–H groups in total. The molecule has 3 aromatic heterocycles. The van der Waals surface area contributed by atoms with E-state index in [9.17, 15) is 0 Å². The summed E-state index contributed by atoms with van der Waals surface area (Å²) in [5.74, 6) is 1.38. The van der Waals surface area contributed by atoms with E-state index < -0.39 is 0 Å². The van der Waals surface area contributed by atoms with Crippen molar-refractivity contribution in [2.75, 3.05) is 18.4 Å². The van der Waals surface area contributed by atoms with Crippen LogP contribution in [0, 0.1) is 0 Å². The van der Waals surface area contributed by atoms with Gasteiger partial charge in [-0.05, 0) is 36.9 Å². The molecule has 24 heavy (non-hydrogen) atoms. The lowest BCUT2D eigenvalue weighted by Crippen LogP contribution is -2.28. The summed E-state index contributed by atoms with van der Waals surface area (Å²) in [6.07, 6.45) is 5.96. The van der Waals surface area contributed by atoms with E-state index >= 15 is 0 Å².